The van der Waals surface area contributed by atoms with Crippen LogP contribution < -0.4 is 19.9 Å². The van der Waals surface area contributed by atoms with E-state index in [2.05, 4.69) is 4.74 Å². The molecule has 0 unspecified atom stereocenters. The first-order valence-corrected chi connectivity index (χ1v) is 6.81. The van der Waals surface area contributed by atoms with Crippen LogP contribution in [0.5, 0.6) is 23.0 Å². The molecule has 2 aromatic carbocycles. The first kappa shape index (κ1) is 17.7. The van der Waals surface area contributed by atoms with Crippen LogP contribution in [0.25, 0.3) is 0 Å². The maximum Gasteiger partial charge on any atom is 0.573 e. The van der Waals surface area contributed by atoms with Gasteiger partial charge in [0.15, 0.2) is 11.5 Å². The maximum absolute atomic E-state index is 12.2. The highest BCUT2D eigenvalue weighted by atomic mass is 19.4. The summed E-state index contributed by atoms with van der Waals surface area (Å²) in [6, 6.07) is 7.61. The second-order valence-corrected chi connectivity index (χ2v) is 4.87. The molecule has 0 amide bonds. The number of halogens is 3. The lowest BCUT2D eigenvalue weighted by molar-refractivity contribution is -0.274. The van der Waals surface area contributed by atoms with Gasteiger partial charge in [-0.05, 0) is 35.4 Å². The molecule has 2 aromatic rings. The summed E-state index contributed by atoms with van der Waals surface area (Å²) >= 11 is 0. The summed E-state index contributed by atoms with van der Waals surface area (Å²) in [5, 5.41) is 9.90. The Morgan fingerprint density at radius 2 is 1.46 bits per heavy atom. The molecule has 0 radical (unpaired) electrons. The van der Waals surface area contributed by atoms with Crippen molar-refractivity contribution in [1.82, 2.24) is 0 Å². The number of benzene rings is 2. The van der Waals surface area contributed by atoms with Crippen molar-refractivity contribution in [3.05, 3.63) is 47.5 Å². The predicted octanol–water partition coefficient (Wildman–Crippen LogP) is 3.36. The summed E-state index contributed by atoms with van der Waals surface area (Å²) < 4.78 is 50.4. The van der Waals surface area contributed by atoms with E-state index in [1.165, 1.54) is 50.6 Å². The first-order valence-electron chi connectivity index (χ1n) is 6.81. The number of rotatable bonds is 5. The van der Waals surface area contributed by atoms with Crippen LogP contribution in [0.15, 0.2) is 36.4 Å². The van der Waals surface area contributed by atoms with Crippen molar-refractivity contribution in [2.75, 3.05) is 14.2 Å². The Labute approximate surface area is 136 Å². The van der Waals surface area contributed by atoms with Crippen LogP contribution >= 0.6 is 0 Å². The van der Waals surface area contributed by atoms with Gasteiger partial charge in [0.25, 0.3) is 0 Å². The molecule has 0 aromatic heterocycles. The van der Waals surface area contributed by atoms with Crippen molar-refractivity contribution in [1.29, 1.82) is 0 Å². The van der Waals surface area contributed by atoms with Gasteiger partial charge in [0.05, 0.1) is 20.3 Å². The van der Waals surface area contributed by atoms with Gasteiger partial charge < -0.3 is 25.1 Å². The minimum absolute atomic E-state index is 0.162. The van der Waals surface area contributed by atoms with Crippen LogP contribution in [0.3, 0.4) is 0 Å². The molecule has 0 saturated heterocycles. The van der Waals surface area contributed by atoms with Gasteiger partial charge in [0, 0.05) is 0 Å². The summed E-state index contributed by atoms with van der Waals surface area (Å²) in [5.74, 6) is -0.141. The number of alkyl halides is 3. The van der Waals surface area contributed by atoms with Crippen molar-refractivity contribution in [3.8, 4) is 23.0 Å². The summed E-state index contributed by atoms with van der Waals surface area (Å²) in [6.45, 7) is 0. The molecule has 2 rings (SSSR count). The van der Waals surface area contributed by atoms with Crippen molar-refractivity contribution < 1.29 is 32.5 Å². The van der Waals surface area contributed by atoms with Gasteiger partial charge in [0.2, 0.25) is 5.75 Å². The van der Waals surface area contributed by atoms with Crippen LogP contribution in [-0.2, 0) is 0 Å². The van der Waals surface area contributed by atoms with Crippen LogP contribution in [-0.4, -0.2) is 25.7 Å². The zero-order chi connectivity index (χ0) is 17.9. The van der Waals surface area contributed by atoms with Crippen LogP contribution in [0.2, 0.25) is 0 Å². The largest absolute Gasteiger partial charge is 0.573 e. The lowest BCUT2D eigenvalue weighted by Crippen LogP contribution is -2.17. The Hall–Kier alpha value is -2.61. The highest BCUT2D eigenvalue weighted by Crippen LogP contribution is 2.39. The Bertz CT molecular complexity index is 676. The first-order chi connectivity index (χ1) is 11.2. The normalized spacial score (nSPS) is 12.6. The van der Waals surface area contributed by atoms with E-state index in [1.807, 2.05) is 0 Å². The average Bonchev–Trinajstić information content (AvgIpc) is 2.53. The highest BCUT2D eigenvalue weighted by Gasteiger charge is 2.31. The van der Waals surface area contributed by atoms with E-state index in [0.717, 1.165) is 0 Å². The fourth-order valence-corrected chi connectivity index (χ4v) is 2.16. The van der Waals surface area contributed by atoms with E-state index in [1.54, 1.807) is 0 Å². The molecular formula is C16H16F3NO4. The van der Waals surface area contributed by atoms with Crippen molar-refractivity contribution in [2.45, 2.75) is 12.4 Å². The lowest BCUT2D eigenvalue weighted by Gasteiger charge is -2.17. The number of hydrogen-bond donors (Lipinski definition) is 2. The third-order valence-corrected chi connectivity index (χ3v) is 3.33. The lowest BCUT2D eigenvalue weighted by atomic mass is 9.98. The van der Waals surface area contributed by atoms with Crippen LogP contribution in [0, 0.1) is 0 Å². The third-order valence-electron chi connectivity index (χ3n) is 3.33. The standard InChI is InChI=1S/C16H16F3NO4/c1-22-12-7-10(8-13(23-2)15(12)21)14(20)9-3-5-11(6-4-9)24-16(17,18)19/h3-8,14,21H,20H2,1-2H3/t14-/m1/s1. The van der Waals surface area contributed by atoms with Gasteiger partial charge in [-0.3, -0.25) is 0 Å². The van der Waals surface area contributed by atoms with Gasteiger partial charge in [0.1, 0.15) is 5.75 Å². The van der Waals surface area contributed by atoms with Gasteiger partial charge in [-0.2, -0.15) is 0 Å². The summed E-state index contributed by atoms with van der Waals surface area (Å²) in [6.07, 6.45) is -4.75. The summed E-state index contributed by atoms with van der Waals surface area (Å²) in [7, 11) is 2.76. The molecule has 8 heteroatoms. The van der Waals surface area contributed by atoms with Gasteiger partial charge >= 0.3 is 6.36 Å². The van der Waals surface area contributed by atoms with Gasteiger partial charge in [-0.25, -0.2) is 0 Å². The molecule has 0 aliphatic rings. The maximum atomic E-state index is 12.2. The molecule has 0 aliphatic carbocycles. The third kappa shape index (κ3) is 4.02. The Kier molecular flexibility index (Phi) is 5.08. The van der Waals surface area contributed by atoms with Crippen LogP contribution in [0.4, 0.5) is 13.2 Å². The van der Waals surface area contributed by atoms with E-state index in [0.29, 0.717) is 11.1 Å². The molecule has 0 spiro atoms. The van der Waals surface area contributed by atoms with Gasteiger partial charge in [-0.1, -0.05) is 12.1 Å². The smallest absolute Gasteiger partial charge is 0.502 e. The number of aromatic hydroxyl groups is 1. The topological polar surface area (TPSA) is 73.9 Å². The minimum atomic E-state index is -4.75. The van der Waals surface area contributed by atoms with E-state index in [-0.39, 0.29) is 23.0 Å². The molecule has 0 heterocycles. The zero-order valence-electron chi connectivity index (χ0n) is 12.9. The molecule has 5 nitrogen and oxygen atoms in total. The predicted molar refractivity (Wildman–Crippen MR) is 80.4 cm³/mol. The zero-order valence-corrected chi connectivity index (χ0v) is 12.9. The Balaban J connectivity index is 2.30. The number of phenols is 1. The van der Waals surface area contributed by atoms with E-state index in [9.17, 15) is 18.3 Å². The molecule has 0 aliphatic heterocycles. The fourth-order valence-electron chi connectivity index (χ4n) is 2.16. The quantitative estimate of drug-likeness (QED) is 0.871. The fraction of sp³-hybridized carbons (Fsp3) is 0.250. The Morgan fingerprint density at radius 3 is 1.88 bits per heavy atom. The highest BCUT2D eigenvalue weighted by molar-refractivity contribution is 5.54. The van der Waals surface area contributed by atoms with Crippen LogP contribution in [0.1, 0.15) is 17.2 Å². The SMILES string of the molecule is COc1cc([C@H](N)c2ccc(OC(F)(F)F)cc2)cc(OC)c1O. The molecule has 130 valence electrons. The van der Waals surface area contributed by atoms with Gasteiger partial charge in [-0.15, -0.1) is 13.2 Å². The minimum Gasteiger partial charge on any atom is -0.502 e. The second kappa shape index (κ2) is 6.88. The van der Waals surface area contributed by atoms with E-state index >= 15 is 0 Å². The number of phenolic OH excluding ortho intramolecular Hbond substituents is 1. The monoisotopic (exact) mass is 343 g/mol. The number of nitrogens with two attached hydrogens (primary N) is 1. The van der Waals surface area contributed by atoms with E-state index < -0.39 is 12.4 Å². The molecule has 1 atom stereocenters. The summed E-state index contributed by atoms with van der Waals surface area (Å²) in [5.41, 5.74) is 7.25. The van der Waals surface area contributed by atoms with Crippen molar-refractivity contribution >= 4 is 0 Å². The molecule has 24 heavy (non-hydrogen) atoms. The number of ether oxygens (including phenoxy) is 3. The van der Waals surface area contributed by atoms with E-state index in [4.69, 9.17) is 15.2 Å². The average molecular weight is 343 g/mol. The molecule has 0 saturated carbocycles. The van der Waals surface area contributed by atoms with Crippen molar-refractivity contribution in [3.63, 3.8) is 0 Å². The molecular weight excluding hydrogens is 327 g/mol. The number of hydrogen-bond acceptors (Lipinski definition) is 5. The Morgan fingerprint density at radius 1 is 0.958 bits per heavy atom. The summed E-state index contributed by atoms with van der Waals surface area (Å²) in [4.78, 5) is 0. The molecule has 0 bridgehead atoms. The molecule has 0 fully saturated rings. The van der Waals surface area contributed by atoms with Crippen molar-refractivity contribution in [2.24, 2.45) is 5.73 Å². The molecule has 3 N–H and O–H groups in total. The number of methoxy groups -OCH3 is 2. The second-order valence-electron chi connectivity index (χ2n) is 4.87.